The fourth-order valence-electron chi connectivity index (χ4n) is 2.00. The smallest absolute Gasteiger partial charge is 0.0717 e. The van der Waals surface area contributed by atoms with E-state index in [1.54, 1.807) is 8.47 Å². The van der Waals surface area contributed by atoms with Crippen LogP contribution in [0.5, 0.6) is 0 Å². The molecule has 2 N–H and O–H groups in total. The standard InChI is InChI=1S/C12H13NS8/c13-2-1-6-5-16-9-10(17-6)21-12(20-9)11-18-7-8(19-11)15-4-3-14-7/h6H,1-5,13H2. The van der Waals surface area contributed by atoms with E-state index in [0.29, 0.717) is 5.25 Å². The summed E-state index contributed by atoms with van der Waals surface area (Å²) in [4.78, 5) is 0. The molecule has 9 heteroatoms. The molecule has 0 aromatic rings. The molecule has 114 valence electrons. The molecular weight excluding hydrogens is 415 g/mol. The largest absolute Gasteiger partial charge is 0.330 e. The van der Waals surface area contributed by atoms with Crippen molar-refractivity contribution in [3.63, 3.8) is 0 Å². The molecule has 4 aliphatic rings. The highest BCUT2D eigenvalue weighted by molar-refractivity contribution is 8.45. The number of rotatable bonds is 2. The van der Waals surface area contributed by atoms with Crippen LogP contribution in [0, 0.1) is 0 Å². The maximum Gasteiger partial charge on any atom is 0.0717 e. The first-order valence-corrected chi connectivity index (χ1v) is 13.6. The lowest BCUT2D eigenvalue weighted by atomic mass is 10.3. The van der Waals surface area contributed by atoms with Gasteiger partial charge in [0, 0.05) is 22.5 Å². The van der Waals surface area contributed by atoms with E-state index in [0.717, 1.165) is 13.0 Å². The van der Waals surface area contributed by atoms with Gasteiger partial charge >= 0.3 is 0 Å². The van der Waals surface area contributed by atoms with Crippen LogP contribution < -0.4 is 5.73 Å². The van der Waals surface area contributed by atoms with Crippen LogP contribution in [0.3, 0.4) is 0 Å². The molecule has 4 heterocycles. The second-order valence-electron chi connectivity index (χ2n) is 4.46. The second kappa shape index (κ2) is 7.47. The van der Waals surface area contributed by atoms with Crippen LogP contribution in [0.2, 0.25) is 0 Å². The van der Waals surface area contributed by atoms with E-state index in [9.17, 15) is 0 Å². The van der Waals surface area contributed by atoms with E-state index >= 15 is 0 Å². The van der Waals surface area contributed by atoms with Gasteiger partial charge in [0.15, 0.2) is 0 Å². The molecule has 0 saturated heterocycles. The molecule has 0 fully saturated rings. The Kier molecular flexibility index (Phi) is 5.85. The number of nitrogens with two attached hydrogens (primary N) is 1. The first-order chi connectivity index (χ1) is 10.3. The van der Waals surface area contributed by atoms with Crippen molar-refractivity contribution in [3.05, 3.63) is 25.4 Å². The SMILES string of the molecule is NCCC1CSC2=C(SC(=C3SC4=C(SCCS4)S3)S2)S1. The van der Waals surface area contributed by atoms with Crippen LogP contribution in [0.15, 0.2) is 25.4 Å². The Hall–Kier alpha value is 1.98. The third kappa shape index (κ3) is 3.66. The van der Waals surface area contributed by atoms with Crippen LogP contribution >= 0.6 is 94.1 Å². The fraction of sp³-hybridized carbons (Fsp3) is 0.500. The van der Waals surface area contributed by atoms with Gasteiger partial charge < -0.3 is 5.73 Å². The Morgan fingerprint density at radius 2 is 1.33 bits per heavy atom. The van der Waals surface area contributed by atoms with Gasteiger partial charge in [-0.05, 0) is 13.0 Å². The first-order valence-electron chi connectivity index (χ1n) is 6.53. The van der Waals surface area contributed by atoms with E-state index in [4.69, 9.17) is 5.73 Å². The van der Waals surface area contributed by atoms with Crippen molar-refractivity contribution >= 4 is 94.1 Å². The molecule has 1 atom stereocenters. The van der Waals surface area contributed by atoms with Gasteiger partial charge in [-0.1, -0.05) is 47.0 Å². The highest BCUT2D eigenvalue weighted by Gasteiger charge is 2.34. The minimum atomic E-state index is 0.706. The summed E-state index contributed by atoms with van der Waals surface area (Å²) < 4.78 is 9.19. The minimum Gasteiger partial charge on any atom is -0.330 e. The zero-order valence-corrected chi connectivity index (χ0v) is 17.5. The molecule has 0 saturated carbocycles. The molecule has 0 radical (unpaired) electrons. The van der Waals surface area contributed by atoms with Gasteiger partial charge in [-0.25, -0.2) is 0 Å². The average molecular weight is 428 g/mol. The summed E-state index contributed by atoms with van der Waals surface area (Å²) in [6, 6.07) is 0. The predicted octanol–water partition coefficient (Wildman–Crippen LogP) is 6.00. The predicted molar refractivity (Wildman–Crippen MR) is 114 cm³/mol. The van der Waals surface area contributed by atoms with Crippen molar-refractivity contribution in [1.82, 2.24) is 0 Å². The van der Waals surface area contributed by atoms with Gasteiger partial charge in [0.2, 0.25) is 0 Å². The van der Waals surface area contributed by atoms with Crippen molar-refractivity contribution in [2.45, 2.75) is 11.7 Å². The summed E-state index contributed by atoms with van der Waals surface area (Å²) in [6.07, 6.45) is 1.14. The zero-order chi connectivity index (χ0) is 14.2. The summed E-state index contributed by atoms with van der Waals surface area (Å²) in [5.74, 6) is 3.75. The Bertz CT molecular complexity index is 531. The molecule has 4 aliphatic heterocycles. The van der Waals surface area contributed by atoms with Crippen LogP contribution in [0.25, 0.3) is 0 Å². The number of hydrogen-bond acceptors (Lipinski definition) is 9. The summed E-state index contributed by atoms with van der Waals surface area (Å²) in [5.41, 5.74) is 5.71. The van der Waals surface area contributed by atoms with E-state index in [2.05, 4.69) is 11.8 Å². The molecule has 1 nitrogen and oxygen atoms in total. The Balaban J connectivity index is 1.45. The lowest BCUT2D eigenvalue weighted by molar-refractivity contribution is 0.832. The molecule has 0 spiro atoms. The van der Waals surface area contributed by atoms with Gasteiger partial charge in [-0.15, -0.1) is 47.0 Å². The summed E-state index contributed by atoms with van der Waals surface area (Å²) in [5, 5.41) is 0.706. The minimum absolute atomic E-state index is 0.706. The first kappa shape index (κ1) is 16.4. The summed E-state index contributed by atoms with van der Waals surface area (Å²) in [7, 11) is 0. The molecule has 0 amide bonds. The van der Waals surface area contributed by atoms with Crippen LogP contribution in [0.1, 0.15) is 6.42 Å². The number of hydrogen-bond donors (Lipinski definition) is 1. The monoisotopic (exact) mass is 427 g/mol. The summed E-state index contributed by atoms with van der Waals surface area (Å²) >= 11 is 16.2. The fourth-order valence-corrected chi connectivity index (χ4v) is 14.7. The van der Waals surface area contributed by atoms with E-state index in [1.165, 1.54) is 34.2 Å². The van der Waals surface area contributed by atoms with Crippen molar-refractivity contribution in [2.75, 3.05) is 23.8 Å². The lowest BCUT2D eigenvalue weighted by Crippen LogP contribution is -2.14. The maximum atomic E-state index is 5.71. The van der Waals surface area contributed by atoms with Crippen molar-refractivity contribution in [2.24, 2.45) is 5.73 Å². The van der Waals surface area contributed by atoms with E-state index in [-0.39, 0.29) is 0 Å². The highest BCUT2D eigenvalue weighted by atomic mass is 32.3. The molecule has 0 aromatic heterocycles. The third-order valence-corrected chi connectivity index (χ3v) is 15.4. The quantitative estimate of drug-likeness (QED) is 0.568. The van der Waals surface area contributed by atoms with E-state index in [1.807, 2.05) is 82.3 Å². The molecule has 4 rings (SSSR count). The Morgan fingerprint density at radius 1 is 0.762 bits per heavy atom. The van der Waals surface area contributed by atoms with E-state index < -0.39 is 0 Å². The van der Waals surface area contributed by atoms with Crippen LogP contribution in [0.4, 0.5) is 0 Å². The lowest BCUT2D eigenvalue weighted by Gasteiger charge is -2.20. The Labute approximate surface area is 159 Å². The van der Waals surface area contributed by atoms with Gasteiger partial charge in [-0.3, -0.25) is 0 Å². The van der Waals surface area contributed by atoms with Gasteiger partial charge in [0.1, 0.15) is 0 Å². The third-order valence-electron chi connectivity index (χ3n) is 2.95. The maximum absolute atomic E-state index is 5.71. The van der Waals surface area contributed by atoms with Crippen LogP contribution in [-0.2, 0) is 0 Å². The molecule has 0 aliphatic carbocycles. The number of thioether (sulfide) groups is 8. The highest BCUT2D eigenvalue weighted by Crippen LogP contribution is 2.68. The normalized spacial score (nSPS) is 29.3. The molecular formula is C12H13NS8. The second-order valence-corrected chi connectivity index (χ2v) is 14.6. The van der Waals surface area contributed by atoms with Gasteiger partial charge in [-0.2, -0.15) is 0 Å². The van der Waals surface area contributed by atoms with Crippen molar-refractivity contribution in [3.8, 4) is 0 Å². The molecule has 0 aromatic carbocycles. The summed E-state index contributed by atoms with van der Waals surface area (Å²) in [6.45, 7) is 0.809. The van der Waals surface area contributed by atoms with Crippen LogP contribution in [-0.4, -0.2) is 29.1 Å². The molecule has 1 unspecified atom stereocenters. The van der Waals surface area contributed by atoms with Crippen molar-refractivity contribution < 1.29 is 0 Å². The molecule has 0 bridgehead atoms. The van der Waals surface area contributed by atoms with Gasteiger partial charge in [0.05, 0.1) is 25.4 Å². The van der Waals surface area contributed by atoms with Gasteiger partial charge in [0.25, 0.3) is 0 Å². The average Bonchev–Trinajstić information content (AvgIpc) is 3.10. The zero-order valence-electron chi connectivity index (χ0n) is 11.0. The molecule has 21 heavy (non-hydrogen) atoms. The Morgan fingerprint density at radius 3 is 1.95 bits per heavy atom. The van der Waals surface area contributed by atoms with Crippen molar-refractivity contribution in [1.29, 1.82) is 0 Å². The topological polar surface area (TPSA) is 26.0 Å².